The van der Waals surface area contributed by atoms with Gasteiger partial charge in [-0.25, -0.2) is 0 Å². The molecule has 0 aliphatic rings. The van der Waals surface area contributed by atoms with Crippen molar-refractivity contribution in [1.82, 2.24) is 16.0 Å². The molecular weight excluding hydrogens is 443 g/mol. The van der Waals surface area contributed by atoms with Gasteiger partial charge in [0.25, 0.3) is 5.91 Å². The van der Waals surface area contributed by atoms with E-state index in [1.807, 2.05) is 6.92 Å². The molecule has 3 N–H and O–H groups in total. The van der Waals surface area contributed by atoms with Gasteiger partial charge < -0.3 is 20.4 Å². The average molecular weight is 478 g/mol. The highest BCUT2D eigenvalue weighted by atomic mass is 127. The van der Waals surface area contributed by atoms with E-state index in [-0.39, 0.29) is 29.9 Å². The highest BCUT2D eigenvalue weighted by Gasteiger charge is 2.11. The number of nitrogens with one attached hydrogen (secondary N) is 3. The zero-order chi connectivity index (χ0) is 18.5. The number of hydrogen-bond acceptors (Lipinski definition) is 3. The van der Waals surface area contributed by atoms with Crippen LogP contribution in [0.4, 0.5) is 0 Å². The quantitative estimate of drug-likeness (QED) is 0.195. The molecule has 1 unspecified atom stereocenters. The van der Waals surface area contributed by atoms with Gasteiger partial charge in [0, 0.05) is 31.2 Å². The molecule has 0 radical (unpaired) electrons. The molecule has 1 amide bonds. The van der Waals surface area contributed by atoms with Crippen LogP contribution in [0.3, 0.4) is 0 Å². The van der Waals surface area contributed by atoms with E-state index >= 15 is 0 Å². The predicted molar refractivity (Wildman–Crippen MR) is 119 cm³/mol. The van der Waals surface area contributed by atoms with Crippen molar-refractivity contribution < 1.29 is 9.21 Å². The summed E-state index contributed by atoms with van der Waals surface area (Å²) in [5.74, 6) is 1.07. The Morgan fingerprint density at radius 3 is 2.62 bits per heavy atom. The summed E-state index contributed by atoms with van der Waals surface area (Å²) in [6, 6.07) is 2.20. The lowest BCUT2D eigenvalue weighted by Crippen LogP contribution is -2.42. The van der Waals surface area contributed by atoms with E-state index < -0.39 is 0 Å². The molecular formula is C19H35IN4O2. The number of guanidine groups is 1. The van der Waals surface area contributed by atoms with Crippen LogP contribution in [0.5, 0.6) is 0 Å². The van der Waals surface area contributed by atoms with Gasteiger partial charge in [-0.15, -0.1) is 24.0 Å². The lowest BCUT2D eigenvalue weighted by atomic mass is 10.1. The Morgan fingerprint density at radius 1 is 1.23 bits per heavy atom. The van der Waals surface area contributed by atoms with Crippen LogP contribution in [0.15, 0.2) is 21.7 Å². The molecule has 0 bridgehead atoms. The van der Waals surface area contributed by atoms with Crippen LogP contribution in [0.25, 0.3) is 0 Å². The predicted octanol–water partition coefficient (Wildman–Crippen LogP) is 3.85. The number of aliphatic imine (C=N–C) groups is 1. The Bertz CT molecular complexity index is 531. The third-order valence-corrected chi connectivity index (χ3v) is 3.93. The van der Waals surface area contributed by atoms with Gasteiger partial charge >= 0.3 is 0 Å². The van der Waals surface area contributed by atoms with Gasteiger partial charge in [0.1, 0.15) is 0 Å². The summed E-state index contributed by atoms with van der Waals surface area (Å²) in [7, 11) is 0. The molecule has 1 aromatic heterocycles. The normalized spacial score (nSPS) is 12.2. The van der Waals surface area contributed by atoms with Crippen LogP contribution >= 0.6 is 24.0 Å². The minimum atomic E-state index is -0.166. The Hall–Kier alpha value is -1.25. The molecule has 6 nitrogen and oxygen atoms in total. The number of carbonyl (C=O) groups excluding carboxylic acids is 1. The number of amides is 1. The molecule has 0 aliphatic carbocycles. The van der Waals surface area contributed by atoms with Crippen molar-refractivity contribution in [3.8, 4) is 0 Å². The van der Waals surface area contributed by atoms with Crippen LogP contribution in [-0.2, 0) is 0 Å². The first-order chi connectivity index (χ1) is 12.1. The molecule has 1 heterocycles. The maximum atomic E-state index is 11.9. The van der Waals surface area contributed by atoms with Crippen molar-refractivity contribution in [2.24, 2.45) is 4.99 Å². The Balaban J connectivity index is 0.00000625. The van der Waals surface area contributed by atoms with E-state index in [1.54, 1.807) is 6.07 Å². The molecule has 0 saturated heterocycles. The van der Waals surface area contributed by atoms with E-state index in [0.717, 1.165) is 30.9 Å². The average Bonchev–Trinajstić information content (AvgIpc) is 3.01. The van der Waals surface area contributed by atoms with E-state index in [1.165, 1.54) is 25.5 Å². The van der Waals surface area contributed by atoms with E-state index in [9.17, 15) is 4.79 Å². The molecule has 0 fully saturated rings. The van der Waals surface area contributed by atoms with Crippen LogP contribution in [0.2, 0.25) is 0 Å². The fraction of sp³-hybridized carbons (Fsp3) is 0.684. The number of rotatable bonds is 11. The smallest absolute Gasteiger partial charge is 0.287 e. The van der Waals surface area contributed by atoms with E-state index in [2.05, 4.69) is 41.7 Å². The molecule has 0 spiro atoms. The van der Waals surface area contributed by atoms with Crippen molar-refractivity contribution in [2.75, 3.05) is 19.6 Å². The zero-order valence-electron chi connectivity index (χ0n) is 16.6. The monoisotopic (exact) mass is 478 g/mol. The summed E-state index contributed by atoms with van der Waals surface area (Å²) >= 11 is 0. The van der Waals surface area contributed by atoms with Crippen LogP contribution < -0.4 is 16.0 Å². The summed E-state index contributed by atoms with van der Waals surface area (Å²) in [6.45, 7) is 10.4. The summed E-state index contributed by atoms with van der Waals surface area (Å²) in [5.41, 5.74) is 0.853. The fourth-order valence-corrected chi connectivity index (χ4v) is 2.48. The first kappa shape index (κ1) is 24.8. The maximum Gasteiger partial charge on any atom is 0.287 e. The van der Waals surface area contributed by atoms with Crippen LogP contribution in [-0.4, -0.2) is 37.5 Å². The van der Waals surface area contributed by atoms with Gasteiger partial charge in [-0.3, -0.25) is 9.79 Å². The second-order valence-electron chi connectivity index (χ2n) is 6.34. The number of carbonyl (C=O) groups is 1. The Kier molecular flexibility index (Phi) is 14.2. The van der Waals surface area contributed by atoms with Gasteiger partial charge in [-0.05, 0) is 39.7 Å². The molecule has 0 aliphatic heterocycles. The molecule has 26 heavy (non-hydrogen) atoms. The molecule has 1 rings (SSSR count). The van der Waals surface area contributed by atoms with Gasteiger partial charge in [-0.2, -0.15) is 0 Å². The van der Waals surface area contributed by atoms with Crippen molar-refractivity contribution in [2.45, 2.75) is 65.8 Å². The SMILES string of the molecule is CCCCCC(C)NC(=NCCCNC(=O)c1occc1C)NCC.I. The summed E-state index contributed by atoms with van der Waals surface area (Å²) < 4.78 is 5.18. The number of halogens is 1. The van der Waals surface area contributed by atoms with Crippen LogP contribution in [0.1, 0.15) is 69.0 Å². The topological polar surface area (TPSA) is 78.7 Å². The highest BCUT2D eigenvalue weighted by molar-refractivity contribution is 14.0. The van der Waals surface area contributed by atoms with Gasteiger partial charge in [-0.1, -0.05) is 26.2 Å². The summed E-state index contributed by atoms with van der Waals surface area (Å²) in [4.78, 5) is 16.5. The lowest BCUT2D eigenvalue weighted by molar-refractivity contribution is 0.0925. The van der Waals surface area contributed by atoms with E-state index in [4.69, 9.17) is 4.42 Å². The second kappa shape index (κ2) is 14.9. The molecule has 0 aromatic carbocycles. The second-order valence-corrected chi connectivity index (χ2v) is 6.34. The van der Waals surface area contributed by atoms with Crippen molar-refractivity contribution in [1.29, 1.82) is 0 Å². The largest absolute Gasteiger partial charge is 0.459 e. The molecule has 1 atom stereocenters. The number of unbranched alkanes of at least 4 members (excludes halogenated alkanes) is 2. The first-order valence-electron chi connectivity index (χ1n) is 9.45. The highest BCUT2D eigenvalue weighted by Crippen LogP contribution is 2.07. The standard InChI is InChI=1S/C19H34N4O2.HI/c1-5-7-8-10-16(4)23-19(20-6-2)22-13-9-12-21-18(24)17-15(3)11-14-25-17;/h11,14,16H,5-10,12-13H2,1-4H3,(H,21,24)(H2,20,22,23);1H. The number of hydrogen-bond donors (Lipinski definition) is 3. The van der Waals surface area contributed by atoms with Gasteiger partial charge in [0.05, 0.1) is 6.26 Å². The minimum Gasteiger partial charge on any atom is -0.459 e. The van der Waals surface area contributed by atoms with Crippen molar-refractivity contribution in [3.05, 3.63) is 23.7 Å². The maximum absolute atomic E-state index is 11.9. The van der Waals surface area contributed by atoms with Gasteiger partial charge in [0.2, 0.25) is 0 Å². The fourth-order valence-electron chi connectivity index (χ4n) is 2.48. The Morgan fingerprint density at radius 2 is 2.00 bits per heavy atom. The number of aryl methyl sites for hydroxylation is 1. The van der Waals surface area contributed by atoms with Crippen LogP contribution in [0, 0.1) is 6.92 Å². The zero-order valence-corrected chi connectivity index (χ0v) is 18.9. The molecule has 1 aromatic rings. The first-order valence-corrected chi connectivity index (χ1v) is 9.45. The number of furan rings is 1. The third kappa shape index (κ3) is 10.0. The minimum absolute atomic E-state index is 0. The lowest BCUT2D eigenvalue weighted by Gasteiger charge is -2.17. The number of nitrogens with zero attached hydrogens (tertiary/aromatic N) is 1. The molecule has 150 valence electrons. The van der Waals surface area contributed by atoms with Crippen molar-refractivity contribution in [3.63, 3.8) is 0 Å². The van der Waals surface area contributed by atoms with Gasteiger partial charge in [0.15, 0.2) is 11.7 Å². The van der Waals surface area contributed by atoms with E-state index in [0.29, 0.717) is 24.9 Å². The summed E-state index contributed by atoms with van der Waals surface area (Å²) in [5, 5.41) is 9.58. The third-order valence-electron chi connectivity index (χ3n) is 3.93. The molecule has 0 saturated carbocycles. The summed E-state index contributed by atoms with van der Waals surface area (Å²) in [6.07, 6.45) is 7.22. The van der Waals surface area contributed by atoms with Crippen molar-refractivity contribution >= 4 is 35.8 Å². The molecule has 7 heteroatoms. The Labute approximate surface area is 175 Å².